The predicted octanol–water partition coefficient (Wildman–Crippen LogP) is 1.82. The molecule has 0 saturated heterocycles. The summed E-state index contributed by atoms with van der Waals surface area (Å²) in [5.74, 6) is -0.884. The van der Waals surface area contributed by atoms with Gasteiger partial charge in [0.05, 0.1) is 10.9 Å². The zero-order valence-electron chi connectivity index (χ0n) is 14.7. The van der Waals surface area contributed by atoms with Crippen LogP contribution in [0.1, 0.15) is 26.6 Å². The molecule has 0 aliphatic rings. The minimum absolute atomic E-state index is 0.171. The Morgan fingerprint density at radius 1 is 1.26 bits per heavy atom. The Labute approximate surface area is 157 Å². The van der Waals surface area contributed by atoms with Crippen LogP contribution in [0.15, 0.2) is 29.1 Å². The number of hydrogen-bond acceptors (Lipinski definition) is 7. The van der Waals surface area contributed by atoms with Crippen LogP contribution >= 0.6 is 11.3 Å². The van der Waals surface area contributed by atoms with Crippen LogP contribution in [0.5, 0.6) is 5.75 Å². The van der Waals surface area contributed by atoms with Gasteiger partial charge < -0.3 is 20.2 Å². The first-order valence-electron chi connectivity index (χ1n) is 8.03. The first-order valence-corrected chi connectivity index (χ1v) is 8.84. The molecule has 0 spiro atoms. The van der Waals surface area contributed by atoms with Gasteiger partial charge >= 0.3 is 5.97 Å². The molecule has 3 N–H and O–H groups in total. The molecule has 0 atom stereocenters. The van der Waals surface area contributed by atoms with E-state index in [9.17, 15) is 14.4 Å². The van der Waals surface area contributed by atoms with Crippen molar-refractivity contribution < 1.29 is 19.1 Å². The second kappa shape index (κ2) is 7.58. The zero-order valence-corrected chi connectivity index (χ0v) is 15.5. The molecule has 0 saturated carbocycles. The highest BCUT2D eigenvalue weighted by Gasteiger charge is 2.14. The Morgan fingerprint density at radius 2 is 2.00 bits per heavy atom. The maximum Gasteiger partial charge on any atom is 0.344 e. The van der Waals surface area contributed by atoms with Crippen LogP contribution in [0.25, 0.3) is 10.2 Å². The van der Waals surface area contributed by atoms with Crippen LogP contribution in [-0.4, -0.2) is 28.5 Å². The summed E-state index contributed by atoms with van der Waals surface area (Å²) in [5.41, 5.74) is 6.06. The summed E-state index contributed by atoms with van der Waals surface area (Å²) in [7, 11) is 0. The number of para-hydroxylation sites is 1. The third kappa shape index (κ3) is 3.98. The van der Waals surface area contributed by atoms with Crippen molar-refractivity contribution in [2.75, 3.05) is 6.61 Å². The van der Waals surface area contributed by atoms with E-state index in [0.717, 1.165) is 10.4 Å². The molecule has 27 heavy (non-hydrogen) atoms. The van der Waals surface area contributed by atoms with Gasteiger partial charge in [-0.2, -0.15) is 0 Å². The Hall–Kier alpha value is -3.20. The van der Waals surface area contributed by atoms with E-state index in [1.54, 1.807) is 12.1 Å². The van der Waals surface area contributed by atoms with E-state index in [1.165, 1.54) is 23.5 Å². The van der Waals surface area contributed by atoms with E-state index in [-0.39, 0.29) is 29.3 Å². The quantitative estimate of drug-likeness (QED) is 0.622. The van der Waals surface area contributed by atoms with Crippen LogP contribution in [-0.2, 0) is 16.1 Å². The van der Waals surface area contributed by atoms with Gasteiger partial charge in [0.1, 0.15) is 23.0 Å². The molecule has 140 valence electrons. The summed E-state index contributed by atoms with van der Waals surface area (Å²) in [6.07, 6.45) is 0. The molecular weight excluding hydrogens is 370 g/mol. The monoisotopic (exact) mass is 387 g/mol. The van der Waals surface area contributed by atoms with Crippen molar-refractivity contribution in [3.63, 3.8) is 0 Å². The third-order valence-electron chi connectivity index (χ3n) is 3.96. The summed E-state index contributed by atoms with van der Waals surface area (Å²) in [5, 5.41) is 0.555. The number of nitrogens with two attached hydrogens (primary N) is 1. The van der Waals surface area contributed by atoms with Crippen molar-refractivity contribution in [2.24, 2.45) is 5.73 Å². The first-order chi connectivity index (χ1) is 12.9. The number of esters is 1. The van der Waals surface area contributed by atoms with Crippen molar-refractivity contribution in [2.45, 2.75) is 20.5 Å². The number of nitrogens with zero attached hydrogens (tertiary/aromatic N) is 1. The first kappa shape index (κ1) is 18.6. The van der Waals surface area contributed by atoms with Crippen LogP contribution in [0.3, 0.4) is 0 Å². The standard InChI is InChI=1S/C18H17N3O5S/c1-9-10(2)27-18-15(9)17(24)20-13(21-18)7-26-14(22)8-25-12-6-4-3-5-11(12)16(19)23/h3-6H,7-8H2,1-2H3,(H2,19,23)(H,20,21,24). The van der Waals surface area contributed by atoms with E-state index in [1.807, 2.05) is 13.8 Å². The lowest BCUT2D eigenvalue weighted by Gasteiger charge is -2.09. The highest BCUT2D eigenvalue weighted by atomic mass is 32.1. The molecule has 0 unspecified atom stereocenters. The highest BCUT2D eigenvalue weighted by molar-refractivity contribution is 7.18. The summed E-state index contributed by atoms with van der Waals surface area (Å²) >= 11 is 1.41. The third-order valence-corrected chi connectivity index (χ3v) is 5.06. The number of aryl methyl sites for hydroxylation is 2. The Morgan fingerprint density at radius 3 is 2.74 bits per heavy atom. The van der Waals surface area contributed by atoms with Gasteiger partial charge in [-0.1, -0.05) is 12.1 Å². The van der Waals surface area contributed by atoms with Gasteiger partial charge in [-0.15, -0.1) is 11.3 Å². The number of carbonyl (C=O) groups excluding carboxylic acids is 2. The molecule has 2 heterocycles. The fourth-order valence-electron chi connectivity index (χ4n) is 2.49. The van der Waals surface area contributed by atoms with Crippen molar-refractivity contribution in [3.8, 4) is 5.75 Å². The number of amides is 1. The number of thiophene rings is 1. The molecule has 1 aromatic carbocycles. The molecule has 0 bridgehead atoms. The fourth-order valence-corrected chi connectivity index (χ4v) is 3.54. The number of nitrogens with one attached hydrogen (secondary N) is 1. The largest absolute Gasteiger partial charge is 0.481 e. The van der Waals surface area contributed by atoms with Crippen molar-refractivity contribution >= 4 is 33.4 Å². The number of aromatic amines is 1. The lowest BCUT2D eigenvalue weighted by Crippen LogP contribution is -2.19. The van der Waals surface area contributed by atoms with Crippen LogP contribution in [0.4, 0.5) is 0 Å². The number of H-pyrrole nitrogens is 1. The number of hydrogen-bond donors (Lipinski definition) is 2. The van der Waals surface area contributed by atoms with Crippen LogP contribution < -0.4 is 16.0 Å². The zero-order chi connectivity index (χ0) is 19.6. The number of primary amides is 1. The average molecular weight is 387 g/mol. The van der Waals surface area contributed by atoms with Gasteiger partial charge in [-0.3, -0.25) is 9.59 Å². The van der Waals surface area contributed by atoms with Crippen molar-refractivity contribution in [1.82, 2.24) is 9.97 Å². The SMILES string of the molecule is Cc1sc2nc(COC(=O)COc3ccccc3C(N)=O)[nH]c(=O)c2c1C. The smallest absolute Gasteiger partial charge is 0.344 e. The molecule has 9 heteroatoms. The maximum atomic E-state index is 12.2. The highest BCUT2D eigenvalue weighted by Crippen LogP contribution is 2.25. The predicted molar refractivity (Wildman–Crippen MR) is 100.0 cm³/mol. The molecule has 0 aliphatic carbocycles. The number of ether oxygens (including phenoxy) is 2. The summed E-state index contributed by atoms with van der Waals surface area (Å²) in [6.45, 7) is 3.18. The number of aromatic nitrogens is 2. The number of carbonyl (C=O) groups is 2. The normalized spacial score (nSPS) is 10.7. The Balaban J connectivity index is 1.64. The van der Waals surface area contributed by atoms with Crippen molar-refractivity contribution in [3.05, 3.63) is 56.4 Å². The topological polar surface area (TPSA) is 124 Å². The Bertz CT molecular complexity index is 1090. The molecule has 0 aliphatic heterocycles. The van der Waals surface area contributed by atoms with Gasteiger partial charge in [-0.05, 0) is 31.5 Å². The lowest BCUT2D eigenvalue weighted by molar-refractivity contribution is -0.147. The van der Waals surface area contributed by atoms with Gasteiger partial charge in [0.15, 0.2) is 6.61 Å². The van der Waals surface area contributed by atoms with E-state index >= 15 is 0 Å². The number of fused-ring (bicyclic) bond motifs is 1. The molecule has 2 aromatic heterocycles. The molecule has 3 rings (SSSR count). The molecule has 8 nitrogen and oxygen atoms in total. The van der Waals surface area contributed by atoms with E-state index in [2.05, 4.69) is 9.97 Å². The summed E-state index contributed by atoms with van der Waals surface area (Å²) in [6, 6.07) is 6.32. The maximum absolute atomic E-state index is 12.2. The van der Waals surface area contributed by atoms with Gasteiger partial charge in [-0.25, -0.2) is 9.78 Å². The second-order valence-electron chi connectivity index (χ2n) is 5.79. The van der Waals surface area contributed by atoms with E-state index in [0.29, 0.717) is 10.2 Å². The minimum Gasteiger partial charge on any atom is -0.481 e. The summed E-state index contributed by atoms with van der Waals surface area (Å²) < 4.78 is 10.4. The van der Waals surface area contributed by atoms with Crippen molar-refractivity contribution in [1.29, 1.82) is 0 Å². The molecule has 3 aromatic rings. The molecule has 0 radical (unpaired) electrons. The molecule has 0 fully saturated rings. The fraction of sp³-hybridized carbons (Fsp3) is 0.222. The van der Waals surface area contributed by atoms with Gasteiger partial charge in [0.25, 0.3) is 11.5 Å². The van der Waals surface area contributed by atoms with Crippen LogP contribution in [0, 0.1) is 13.8 Å². The second-order valence-corrected chi connectivity index (χ2v) is 6.99. The van der Waals surface area contributed by atoms with E-state index in [4.69, 9.17) is 15.2 Å². The van der Waals surface area contributed by atoms with E-state index < -0.39 is 18.5 Å². The average Bonchev–Trinajstić information content (AvgIpc) is 2.92. The van der Waals surface area contributed by atoms with Crippen LogP contribution in [0.2, 0.25) is 0 Å². The molecule has 1 amide bonds. The number of benzene rings is 1. The summed E-state index contributed by atoms with van der Waals surface area (Å²) in [4.78, 5) is 44.0. The molecular formula is C18H17N3O5S. The number of rotatable bonds is 6. The minimum atomic E-state index is -0.671. The lowest BCUT2D eigenvalue weighted by atomic mass is 10.2. The van der Waals surface area contributed by atoms with Gasteiger partial charge in [0.2, 0.25) is 0 Å². The Kier molecular flexibility index (Phi) is 5.22. The van der Waals surface area contributed by atoms with Gasteiger partial charge in [0, 0.05) is 4.88 Å².